The summed E-state index contributed by atoms with van der Waals surface area (Å²) in [4.78, 5) is 12.1. The Balaban J connectivity index is 2.26. The van der Waals surface area contributed by atoms with E-state index in [0.717, 1.165) is 12.8 Å². The highest BCUT2D eigenvalue weighted by Crippen LogP contribution is 2.26. The topological polar surface area (TPSA) is 90.3 Å². The van der Waals surface area contributed by atoms with Gasteiger partial charge in [0.1, 0.15) is 11.8 Å². The fraction of sp³-hybridized carbons (Fsp3) is 0.368. The van der Waals surface area contributed by atoms with Gasteiger partial charge < -0.3 is 19.8 Å². The molecule has 0 bridgehead atoms. The molecule has 1 heterocycles. The Labute approximate surface area is 147 Å². The average Bonchev–Trinajstić information content (AvgIpc) is 2.97. The lowest BCUT2D eigenvalue weighted by Crippen LogP contribution is -2.11. The third-order valence-corrected chi connectivity index (χ3v) is 3.91. The van der Waals surface area contributed by atoms with E-state index in [1.165, 1.54) is 26.1 Å². The Morgan fingerprint density at radius 2 is 2.12 bits per heavy atom. The minimum Gasteiger partial charge on any atom is -0.494 e. The number of carbonyl (C=O) groups is 1. The quantitative estimate of drug-likeness (QED) is 0.584. The van der Waals surface area contributed by atoms with Crippen molar-refractivity contribution in [1.82, 2.24) is 4.57 Å². The maximum atomic E-state index is 12.1. The number of anilines is 1. The van der Waals surface area contributed by atoms with E-state index in [4.69, 9.17) is 15.2 Å². The molecule has 0 aliphatic carbocycles. The molecule has 1 aromatic carbocycles. The number of methoxy groups -OCH3 is 1. The molecular weight excluding hydrogens is 318 g/mol. The molecular formula is C19H23N3O3. The predicted molar refractivity (Wildman–Crippen MR) is 95.9 cm³/mol. The first kappa shape index (κ1) is 18.4. The van der Waals surface area contributed by atoms with Crippen molar-refractivity contribution in [2.24, 2.45) is 0 Å². The Morgan fingerprint density at radius 1 is 1.32 bits per heavy atom. The smallest absolute Gasteiger partial charge is 0.357 e. The van der Waals surface area contributed by atoms with E-state index >= 15 is 0 Å². The van der Waals surface area contributed by atoms with E-state index in [1.807, 2.05) is 30.3 Å². The van der Waals surface area contributed by atoms with Crippen molar-refractivity contribution in [3.05, 3.63) is 41.7 Å². The highest BCUT2D eigenvalue weighted by Gasteiger charge is 2.21. The van der Waals surface area contributed by atoms with Gasteiger partial charge in [0.2, 0.25) is 0 Å². The van der Waals surface area contributed by atoms with Crippen LogP contribution in [-0.2, 0) is 4.74 Å². The maximum Gasteiger partial charge on any atom is 0.357 e. The lowest BCUT2D eigenvalue weighted by Gasteiger charge is -2.11. The molecule has 0 saturated heterocycles. The summed E-state index contributed by atoms with van der Waals surface area (Å²) < 4.78 is 12.1. The zero-order chi connectivity index (χ0) is 18.2. The first-order chi connectivity index (χ1) is 12.1. The highest BCUT2D eigenvalue weighted by atomic mass is 16.5. The molecule has 25 heavy (non-hydrogen) atoms. The van der Waals surface area contributed by atoms with Gasteiger partial charge in [-0.1, -0.05) is 32.3 Å². The maximum absolute atomic E-state index is 12.1. The predicted octanol–water partition coefficient (Wildman–Crippen LogP) is 3.68. The van der Waals surface area contributed by atoms with Gasteiger partial charge in [0.05, 0.1) is 25.0 Å². The molecule has 2 rings (SSSR count). The van der Waals surface area contributed by atoms with E-state index in [1.54, 1.807) is 4.57 Å². The molecule has 0 unspecified atom stereocenters. The number of nitrogens with zero attached hydrogens (tertiary/aromatic N) is 2. The number of nitrogen functional groups attached to an aromatic ring is 1. The van der Waals surface area contributed by atoms with Crippen molar-refractivity contribution < 1.29 is 14.3 Å². The summed E-state index contributed by atoms with van der Waals surface area (Å²) in [6.07, 6.45) is 6.05. The van der Waals surface area contributed by atoms with Gasteiger partial charge in [0.25, 0.3) is 0 Å². The molecule has 0 aliphatic heterocycles. The number of unbranched alkanes of at least 4 members (excludes halogenated alkanes) is 3. The SMILES string of the molecule is CCCCCCOc1cccc(-n2cc(C#N)c(N)c2C(=O)OC)c1. The number of ether oxygens (including phenoxy) is 2. The van der Waals surface area contributed by atoms with Gasteiger partial charge in [0, 0.05) is 18.0 Å². The fourth-order valence-electron chi connectivity index (χ4n) is 2.56. The number of carbonyl (C=O) groups excluding carboxylic acids is 1. The van der Waals surface area contributed by atoms with E-state index in [-0.39, 0.29) is 16.9 Å². The minimum absolute atomic E-state index is 0.111. The Bertz CT molecular complexity index is 775. The minimum atomic E-state index is -0.593. The lowest BCUT2D eigenvalue weighted by atomic mass is 10.2. The van der Waals surface area contributed by atoms with Crippen molar-refractivity contribution in [2.45, 2.75) is 32.6 Å². The van der Waals surface area contributed by atoms with Gasteiger partial charge in [-0.25, -0.2) is 4.79 Å². The third kappa shape index (κ3) is 4.32. The molecule has 132 valence electrons. The van der Waals surface area contributed by atoms with Crippen LogP contribution in [-0.4, -0.2) is 24.3 Å². The van der Waals surface area contributed by atoms with Gasteiger partial charge in [-0.05, 0) is 18.6 Å². The summed E-state index contributed by atoms with van der Waals surface area (Å²) in [7, 11) is 1.28. The van der Waals surface area contributed by atoms with Crippen molar-refractivity contribution in [3.8, 4) is 17.5 Å². The monoisotopic (exact) mass is 341 g/mol. The van der Waals surface area contributed by atoms with Crippen LogP contribution in [0.15, 0.2) is 30.5 Å². The molecule has 0 atom stereocenters. The van der Waals surface area contributed by atoms with Crippen LogP contribution in [0.4, 0.5) is 5.69 Å². The zero-order valence-electron chi connectivity index (χ0n) is 14.6. The van der Waals surface area contributed by atoms with Crippen LogP contribution in [0.3, 0.4) is 0 Å². The molecule has 0 spiro atoms. The van der Waals surface area contributed by atoms with Crippen LogP contribution < -0.4 is 10.5 Å². The summed E-state index contributed by atoms with van der Waals surface area (Å²) in [5.41, 5.74) is 7.08. The van der Waals surface area contributed by atoms with Gasteiger partial charge in [0.15, 0.2) is 5.69 Å². The summed E-state index contributed by atoms with van der Waals surface area (Å²) in [5, 5.41) is 9.18. The van der Waals surface area contributed by atoms with E-state index < -0.39 is 5.97 Å². The number of aromatic nitrogens is 1. The fourth-order valence-corrected chi connectivity index (χ4v) is 2.56. The second-order valence-electron chi connectivity index (χ2n) is 5.68. The second kappa shape index (κ2) is 8.78. The first-order valence-corrected chi connectivity index (χ1v) is 8.34. The van der Waals surface area contributed by atoms with Crippen molar-refractivity contribution in [3.63, 3.8) is 0 Å². The molecule has 6 nitrogen and oxygen atoms in total. The number of esters is 1. The van der Waals surface area contributed by atoms with Crippen LogP contribution >= 0.6 is 0 Å². The molecule has 0 saturated carbocycles. The standard InChI is InChI=1S/C19H23N3O3/c1-3-4-5-6-10-25-16-9-7-8-15(11-16)22-13-14(12-20)17(21)18(22)19(23)24-2/h7-9,11,13H,3-6,10,21H2,1-2H3. The van der Waals surface area contributed by atoms with Gasteiger partial charge in [-0.15, -0.1) is 0 Å². The molecule has 0 fully saturated rings. The molecule has 0 amide bonds. The number of rotatable bonds is 8. The van der Waals surface area contributed by atoms with Crippen LogP contribution in [0, 0.1) is 11.3 Å². The normalized spacial score (nSPS) is 10.3. The molecule has 2 N–H and O–H groups in total. The molecule has 1 aromatic heterocycles. The van der Waals surface area contributed by atoms with Gasteiger partial charge >= 0.3 is 5.97 Å². The molecule has 6 heteroatoms. The molecule has 0 aliphatic rings. The van der Waals surface area contributed by atoms with E-state index in [9.17, 15) is 10.1 Å². The number of benzene rings is 1. The lowest BCUT2D eigenvalue weighted by molar-refractivity contribution is 0.0593. The van der Waals surface area contributed by atoms with Crippen molar-refractivity contribution in [1.29, 1.82) is 5.26 Å². The van der Waals surface area contributed by atoms with Crippen molar-refractivity contribution in [2.75, 3.05) is 19.5 Å². The number of nitriles is 1. The van der Waals surface area contributed by atoms with Gasteiger partial charge in [-0.2, -0.15) is 5.26 Å². The molecule has 0 radical (unpaired) electrons. The van der Waals surface area contributed by atoms with Crippen LogP contribution in [0.2, 0.25) is 0 Å². The number of nitrogens with two attached hydrogens (primary N) is 1. The molecule has 2 aromatic rings. The Kier molecular flexibility index (Phi) is 6.47. The van der Waals surface area contributed by atoms with Crippen LogP contribution in [0.25, 0.3) is 5.69 Å². The highest BCUT2D eigenvalue weighted by molar-refractivity contribution is 5.95. The third-order valence-electron chi connectivity index (χ3n) is 3.91. The van der Waals surface area contributed by atoms with Crippen LogP contribution in [0.1, 0.15) is 48.7 Å². The summed E-state index contributed by atoms with van der Waals surface area (Å²) in [6, 6.07) is 9.31. The van der Waals surface area contributed by atoms with Gasteiger partial charge in [-0.3, -0.25) is 0 Å². The number of hydrogen-bond donors (Lipinski definition) is 1. The Morgan fingerprint density at radius 3 is 2.80 bits per heavy atom. The first-order valence-electron chi connectivity index (χ1n) is 8.34. The second-order valence-corrected chi connectivity index (χ2v) is 5.68. The summed E-state index contributed by atoms with van der Waals surface area (Å²) in [6.45, 7) is 2.81. The number of hydrogen-bond acceptors (Lipinski definition) is 5. The van der Waals surface area contributed by atoms with Crippen molar-refractivity contribution >= 4 is 11.7 Å². The zero-order valence-corrected chi connectivity index (χ0v) is 14.6. The van der Waals surface area contributed by atoms with E-state index in [0.29, 0.717) is 18.0 Å². The van der Waals surface area contributed by atoms with Crippen LogP contribution in [0.5, 0.6) is 5.75 Å². The summed E-state index contributed by atoms with van der Waals surface area (Å²) in [5.74, 6) is 0.112. The Hall–Kier alpha value is -2.94. The van der Waals surface area contributed by atoms with E-state index in [2.05, 4.69) is 6.92 Å². The largest absolute Gasteiger partial charge is 0.494 e. The summed E-state index contributed by atoms with van der Waals surface area (Å²) >= 11 is 0. The average molecular weight is 341 g/mol.